The molecule has 2 heterocycles. The van der Waals surface area contributed by atoms with Crippen molar-refractivity contribution in [3.05, 3.63) is 12.7 Å². The van der Waals surface area contributed by atoms with E-state index in [0.717, 1.165) is 6.42 Å². The van der Waals surface area contributed by atoms with E-state index in [2.05, 4.69) is 20.1 Å². The van der Waals surface area contributed by atoms with Crippen LogP contribution in [0.15, 0.2) is 12.7 Å². The average Bonchev–Trinajstić information content (AvgIpc) is 2.76. The molecule has 0 aliphatic heterocycles. The SMILES string of the molecule is CCCOc1ncnc(Oc2ncn(C)n2)c1N. The topological polar surface area (TPSA) is 101 Å². The predicted molar refractivity (Wildman–Crippen MR) is 63.3 cm³/mol. The van der Waals surface area contributed by atoms with E-state index in [9.17, 15) is 0 Å². The van der Waals surface area contributed by atoms with Crippen LogP contribution in [-0.2, 0) is 7.05 Å². The van der Waals surface area contributed by atoms with Gasteiger partial charge in [0.2, 0.25) is 5.88 Å². The molecule has 0 bridgehead atoms. The van der Waals surface area contributed by atoms with Crippen molar-refractivity contribution in [2.75, 3.05) is 12.3 Å². The molecule has 2 N–H and O–H groups in total. The fourth-order valence-electron chi connectivity index (χ4n) is 1.21. The van der Waals surface area contributed by atoms with Crippen molar-refractivity contribution in [3.63, 3.8) is 0 Å². The molecular weight excluding hydrogens is 236 g/mol. The Morgan fingerprint density at radius 3 is 2.72 bits per heavy atom. The Morgan fingerprint density at radius 2 is 2.06 bits per heavy atom. The third kappa shape index (κ3) is 2.65. The van der Waals surface area contributed by atoms with Crippen molar-refractivity contribution in [1.82, 2.24) is 24.7 Å². The average molecular weight is 250 g/mol. The van der Waals surface area contributed by atoms with E-state index in [-0.39, 0.29) is 17.6 Å². The maximum atomic E-state index is 5.84. The van der Waals surface area contributed by atoms with Gasteiger partial charge < -0.3 is 15.2 Å². The summed E-state index contributed by atoms with van der Waals surface area (Å²) in [6.45, 7) is 2.52. The van der Waals surface area contributed by atoms with Crippen LogP contribution in [0.25, 0.3) is 0 Å². The molecule has 2 aromatic rings. The fraction of sp³-hybridized carbons (Fsp3) is 0.400. The lowest BCUT2D eigenvalue weighted by Gasteiger charge is -2.08. The van der Waals surface area contributed by atoms with Gasteiger partial charge in [0.1, 0.15) is 12.7 Å². The number of hydrogen-bond donors (Lipinski definition) is 1. The minimum Gasteiger partial charge on any atom is -0.476 e. The van der Waals surface area contributed by atoms with E-state index >= 15 is 0 Å². The van der Waals surface area contributed by atoms with E-state index in [1.54, 1.807) is 7.05 Å². The van der Waals surface area contributed by atoms with E-state index in [1.807, 2.05) is 6.92 Å². The minimum absolute atomic E-state index is 0.171. The van der Waals surface area contributed by atoms with Crippen molar-refractivity contribution in [2.45, 2.75) is 13.3 Å². The summed E-state index contributed by atoms with van der Waals surface area (Å²) in [7, 11) is 1.74. The van der Waals surface area contributed by atoms with Crippen LogP contribution in [0.1, 0.15) is 13.3 Å². The number of aryl methyl sites for hydroxylation is 1. The quantitative estimate of drug-likeness (QED) is 0.836. The van der Waals surface area contributed by atoms with Crippen LogP contribution < -0.4 is 15.2 Å². The third-order valence-corrected chi connectivity index (χ3v) is 2.02. The first-order valence-corrected chi connectivity index (χ1v) is 5.47. The Hall–Kier alpha value is -2.38. The molecule has 96 valence electrons. The van der Waals surface area contributed by atoms with Crippen LogP contribution in [0.2, 0.25) is 0 Å². The monoisotopic (exact) mass is 250 g/mol. The van der Waals surface area contributed by atoms with Crippen molar-refractivity contribution >= 4 is 5.69 Å². The van der Waals surface area contributed by atoms with Gasteiger partial charge in [-0.05, 0) is 6.42 Å². The van der Waals surface area contributed by atoms with Crippen molar-refractivity contribution in [1.29, 1.82) is 0 Å². The summed E-state index contributed by atoms with van der Waals surface area (Å²) in [5.74, 6) is 0.486. The number of anilines is 1. The Morgan fingerprint density at radius 1 is 1.28 bits per heavy atom. The zero-order valence-corrected chi connectivity index (χ0v) is 10.2. The zero-order valence-electron chi connectivity index (χ0n) is 10.2. The zero-order chi connectivity index (χ0) is 13.0. The highest BCUT2D eigenvalue weighted by molar-refractivity contribution is 5.56. The van der Waals surface area contributed by atoms with E-state index in [4.69, 9.17) is 15.2 Å². The summed E-state index contributed by atoms with van der Waals surface area (Å²) in [6, 6.07) is 0.171. The number of hydrogen-bond acceptors (Lipinski definition) is 7. The highest BCUT2D eigenvalue weighted by Gasteiger charge is 2.13. The molecule has 2 aromatic heterocycles. The van der Waals surface area contributed by atoms with Crippen molar-refractivity contribution < 1.29 is 9.47 Å². The second-order valence-corrected chi connectivity index (χ2v) is 3.55. The van der Waals surface area contributed by atoms with Crippen LogP contribution in [0.3, 0.4) is 0 Å². The molecule has 0 radical (unpaired) electrons. The summed E-state index contributed by atoms with van der Waals surface area (Å²) >= 11 is 0. The molecular formula is C10H14N6O2. The van der Waals surface area contributed by atoms with Gasteiger partial charge in [0, 0.05) is 7.05 Å². The largest absolute Gasteiger partial charge is 0.476 e. The summed E-state index contributed by atoms with van der Waals surface area (Å²) in [6.07, 6.45) is 3.70. The molecule has 0 unspecified atom stereocenters. The van der Waals surface area contributed by atoms with E-state index in [1.165, 1.54) is 17.3 Å². The van der Waals surface area contributed by atoms with Gasteiger partial charge in [0.15, 0.2) is 5.69 Å². The third-order valence-electron chi connectivity index (χ3n) is 2.02. The van der Waals surface area contributed by atoms with Crippen LogP contribution in [0, 0.1) is 0 Å². The Bertz CT molecular complexity index is 527. The molecule has 0 aliphatic carbocycles. The van der Waals surface area contributed by atoms with Crippen molar-refractivity contribution in [3.8, 4) is 17.8 Å². The molecule has 8 heteroatoms. The second kappa shape index (κ2) is 5.30. The highest BCUT2D eigenvalue weighted by Crippen LogP contribution is 2.28. The Labute approximate surface area is 104 Å². The maximum Gasteiger partial charge on any atom is 0.342 e. The van der Waals surface area contributed by atoms with Crippen LogP contribution >= 0.6 is 0 Å². The molecule has 0 fully saturated rings. The van der Waals surface area contributed by atoms with Crippen LogP contribution in [-0.4, -0.2) is 31.3 Å². The normalized spacial score (nSPS) is 10.3. The van der Waals surface area contributed by atoms with Gasteiger partial charge >= 0.3 is 6.01 Å². The standard InChI is InChI=1S/C10H14N6O2/c1-3-4-17-8-7(11)9(13-5-12-8)18-10-14-6-16(2)15-10/h5-6H,3-4,11H2,1-2H3. The summed E-state index contributed by atoms with van der Waals surface area (Å²) in [4.78, 5) is 11.8. The lowest BCUT2D eigenvalue weighted by molar-refractivity contribution is 0.304. The smallest absolute Gasteiger partial charge is 0.342 e. The van der Waals surface area contributed by atoms with Gasteiger partial charge in [0.05, 0.1) is 6.61 Å². The van der Waals surface area contributed by atoms with Gasteiger partial charge in [-0.2, -0.15) is 15.0 Å². The molecule has 8 nitrogen and oxygen atoms in total. The van der Waals surface area contributed by atoms with Gasteiger partial charge in [-0.1, -0.05) is 6.92 Å². The molecule has 0 saturated carbocycles. The molecule has 0 atom stereocenters. The molecule has 18 heavy (non-hydrogen) atoms. The number of nitrogens with two attached hydrogens (primary N) is 1. The van der Waals surface area contributed by atoms with Crippen LogP contribution in [0.4, 0.5) is 5.69 Å². The number of rotatable bonds is 5. The summed E-state index contributed by atoms with van der Waals surface area (Å²) in [5.41, 5.74) is 6.08. The molecule has 0 amide bonds. The highest BCUT2D eigenvalue weighted by atomic mass is 16.5. The lowest BCUT2D eigenvalue weighted by Crippen LogP contribution is -2.04. The Balaban J connectivity index is 2.17. The molecule has 2 rings (SSSR count). The van der Waals surface area contributed by atoms with Crippen LogP contribution in [0.5, 0.6) is 17.8 Å². The molecule has 0 aliphatic rings. The number of nitrogens with zero attached hydrogens (tertiary/aromatic N) is 5. The molecule has 0 spiro atoms. The number of nitrogen functional groups attached to an aromatic ring is 1. The van der Waals surface area contributed by atoms with E-state index in [0.29, 0.717) is 12.5 Å². The first kappa shape index (κ1) is 12.1. The predicted octanol–water partition coefficient (Wildman–Crippen LogP) is 0.768. The first-order valence-electron chi connectivity index (χ1n) is 5.47. The fourth-order valence-corrected chi connectivity index (χ4v) is 1.21. The molecule has 0 aromatic carbocycles. The second-order valence-electron chi connectivity index (χ2n) is 3.55. The molecule has 0 saturated heterocycles. The first-order chi connectivity index (χ1) is 8.70. The summed E-state index contributed by atoms with van der Waals surface area (Å²) < 4.78 is 12.2. The number of aromatic nitrogens is 5. The minimum atomic E-state index is 0.171. The van der Waals surface area contributed by atoms with E-state index < -0.39 is 0 Å². The van der Waals surface area contributed by atoms with Crippen molar-refractivity contribution in [2.24, 2.45) is 7.05 Å². The van der Waals surface area contributed by atoms with Gasteiger partial charge in [-0.15, -0.1) is 5.10 Å². The van der Waals surface area contributed by atoms with Gasteiger partial charge in [-0.25, -0.2) is 0 Å². The summed E-state index contributed by atoms with van der Waals surface area (Å²) in [5, 5.41) is 3.97. The Kier molecular flexibility index (Phi) is 3.56. The lowest BCUT2D eigenvalue weighted by atomic mass is 10.5. The van der Waals surface area contributed by atoms with Gasteiger partial charge in [0.25, 0.3) is 5.88 Å². The van der Waals surface area contributed by atoms with Gasteiger partial charge in [-0.3, -0.25) is 4.68 Å². The number of ether oxygens (including phenoxy) is 2. The maximum absolute atomic E-state index is 5.84.